The summed E-state index contributed by atoms with van der Waals surface area (Å²) in [5.41, 5.74) is 2.97. The first-order valence-electron chi connectivity index (χ1n) is 9.71. The molecule has 150 valence electrons. The topological polar surface area (TPSA) is 91.7 Å². The quantitative estimate of drug-likeness (QED) is 0.577. The van der Waals surface area contributed by atoms with Crippen molar-refractivity contribution in [2.24, 2.45) is 5.92 Å². The molecule has 3 aromatic rings. The van der Waals surface area contributed by atoms with Crippen molar-refractivity contribution in [3.8, 4) is 0 Å². The highest BCUT2D eigenvalue weighted by Gasteiger charge is 2.46. The molecule has 0 amide bonds. The highest BCUT2D eigenvalue weighted by Crippen LogP contribution is 2.54. The molecular formula is C25H20O5. The largest absolute Gasteiger partial charge is 0.478 e. The van der Waals surface area contributed by atoms with Crippen molar-refractivity contribution in [2.45, 2.75) is 18.3 Å². The number of carboxylic acid groups (broad SMARTS) is 2. The van der Waals surface area contributed by atoms with Crippen LogP contribution in [0.1, 0.15) is 60.5 Å². The van der Waals surface area contributed by atoms with Gasteiger partial charge in [-0.2, -0.15) is 0 Å². The molecule has 1 aliphatic rings. The standard InChI is InChI=1S/C25H20O5/c26-23(17-4-2-1-3-5-17)21-14-20(15-6-10-18(11-7-15)24(27)28)22(21)16-8-12-19(13-9-16)25(29)30/h1-13,20-22H,14H2,(H,27,28)(H,29,30). The molecule has 0 bridgehead atoms. The van der Waals surface area contributed by atoms with Crippen LogP contribution < -0.4 is 0 Å². The number of carbonyl (C=O) groups is 3. The van der Waals surface area contributed by atoms with E-state index in [1.54, 1.807) is 48.5 Å². The van der Waals surface area contributed by atoms with E-state index in [0.29, 0.717) is 12.0 Å². The number of aromatic carboxylic acids is 2. The van der Waals surface area contributed by atoms with E-state index in [1.165, 1.54) is 0 Å². The van der Waals surface area contributed by atoms with Crippen molar-refractivity contribution in [3.05, 3.63) is 107 Å². The van der Waals surface area contributed by atoms with Gasteiger partial charge in [-0.3, -0.25) is 4.79 Å². The third-order valence-electron chi connectivity index (χ3n) is 5.90. The molecule has 3 atom stereocenters. The van der Waals surface area contributed by atoms with Crippen molar-refractivity contribution in [3.63, 3.8) is 0 Å². The van der Waals surface area contributed by atoms with Crippen molar-refractivity contribution in [2.75, 3.05) is 0 Å². The maximum Gasteiger partial charge on any atom is 0.335 e. The number of rotatable bonds is 6. The number of hydrogen-bond acceptors (Lipinski definition) is 3. The minimum absolute atomic E-state index is 0.0567. The molecule has 5 heteroatoms. The average molecular weight is 400 g/mol. The van der Waals surface area contributed by atoms with Gasteiger partial charge in [-0.25, -0.2) is 9.59 Å². The second-order valence-electron chi connectivity index (χ2n) is 7.56. The van der Waals surface area contributed by atoms with Crippen LogP contribution in [0.3, 0.4) is 0 Å². The summed E-state index contributed by atoms with van der Waals surface area (Å²) in [6, 6.07) is 22.6. The number of Topliss-reactive ketones (excluding diaryl/α,β-unsaturated/α-hetero) is 1. The number of hydrogen-bond donors (Lipinski definition) is 2. The Balaban J connectivity index is 1.67. The van der Waals surface area contributed by atoms with Crippen LogP contribution in [0.25, 0.3) is 0 Å². The van der Waals surface area contributed by atoms with Gasteiger partial charge in [-0.15, -0.1) is 0 Å². The van der Waals surface area contributed by atoms with E-state index in [2.05, 4.69) is 0 Å². The Morgan fingerprint density at radius 3 is 1.63 bits per heavy atom. The van der Waals surface area contributed by atoms with Gasteiger partial charge in [0.2, 0.25) is 0 Å². The fraction of sp³-hybridized carbons (Fsp3) is 0.160. The Hall–Kier alpha value is -3.73. The van der Waals surface area contributed by atoms with Crippen LogP contribution in [-0.4, -0.2) is 27.9 Å². The van der Waals surface area contributed by atoms with E-state index in [4.69, 9.17) is 5.11 Å². The minimum atomic E-state index is -0.993. The van der Waals surface area contributed by atoms with Crippen LogP contribution in [0, 0.1) is 5.92 Å². The second-order valence-corrected chi connectivity index (χ2v) is 7.56. The zero-order valence-corrected chi connectivity index (χ0v) is 16.1. The lowest BCUT2D eigenvalue weighted by molar-refractivity contribution is 0.0685. The van der Waals surface area contributed by atoms with Crippen LogP contribution in [-0.2, 0) is 0 Å². The SMILES string of the molecule is O=C(O)c1ccc(C2CC(C(=O)c3ccccc3)C2c2ccc(C(=O)O)cc2)cc1. The lowest BCUT2D eigenvalue weighted by atomic mass is 9.57. The molecule has 1 aliphatic carbocycles. The summed E-state index contributed by atoms with van der Waals surface area (Å²) in [6.45, 7) is 0. The number of ketones is 1. The summed E-state index contributed by atoms with van der Waals surface area (Å²) in [5, 5.41) is 18.3. The first-order chi connectivity index (χ1) is 14.5. The highest BCUT2D eigenvalue weighted by molar-refractivity contribution is 5.99. The Bertz CT molecular complexity index is 1080. The van der Waals surface area contributed by atoms with Gasteiger partial charge in [0, 0.05) is 17.4 Å². The third kappa shape index (κ3) is 3.62. The molecule has 0 saturated heterocycles. The number of carboxylic acids is 2. The molecule has 0 aromatic heterocycles. The molecule has 0 aliphatic heterocycles. The van der Waals surface area contributed by atoms with E-state index in [-0.39, 0.29) is 34.7 Å². The molecular weight excluding hydrogens is 380 g/mol. The van der Waals surface area contributed by atoms with Gasteiger partial charge in [0.1, 0.15) is 0 Å². The van der Waals surface area contributed by atoms with Gasteiger partial charge < -0.3 is 10.2 Å². The molecule has 0 spiro atoms. The minimum Gasteiger partial charge on any atom is -0.478 e. The number of carbonyl (C=O) groups excluding carboxylic acids is 1. The molecule has 4 rings (SSSR count). The first-order valence-corrected chi connectivity index (χ1v) is 9.71. The van der Waals surface area contributed by atoms with Gasteiger partial charge in [0.05, 0.1) is 11.1 Å². The summed E-state index contributed by atoms with van der Waals surface area (Å²) in [5.74, 6) is -2.16. The monoisotopic (exact) mass is 400 g/mol. The molecule has 1 saturated carbocycles. The average Bonchev–Trinajstić information content (AvgIpc) is 2.74. The predicted octanol–water partition coefficient (Wildman–Crippen LogP) is 4.85. The van der Waals surface area contributed by atoms with Crippen LogP contribution in [0.2, 0.25) is 0 Å². The molecule has 2 N–H and O–H groups in total. The zero-order valence-electron chi connectivity index (χ0n) is 16.1. The van der Waals surface area contributed by atoms with E-state index < -0.39 is 11.9 Å². The van der Waals surface area contributed by atoms with Gasteiger partial charge in [-0.05, 0) is 47.7 Å². The molecule has 0 radical (unpaired) electrons. The number of benzene rings is 3. The lowest BCUT2D eigenvalue weighted by Gasteiger charge is -2.45. The van der Waals surface area contributed by atoms with Gasteiger partial charge in [-0.1, -0.05) is 54.6 Å². The van der Waals surface area contributed by atoms with Crippen LogP contribution in [0.5, 0.6) is 0 Å². The van der Waals surface area contributed by atoms with Crippen LogP contribution in [0.15, 0.2) is 78.9 Å². The van der Waals surface area contributed by atoms with Crippen LogP contribution >= 0.6 is 0 Å². The molecule has 3 aromatic carbocycles. The fourth-order valence-corrected chi connectivity index (χ4v) is 4.27. The van der Waals surface area contributed by atoms with Crippen molar-refractivity contribution < 1.29 is 24.6 Å². The highest BCUT2D eigenvalue weighted by atomic mass is 16.4. The van der Waals surface area contributed by atoms with Crippen molar-refractivity contribution in [1.29, 1.82) is 0 Å². The summed E-state index contributed by atoms with van der Waals surface area (Å²) in [4.78, 5) is 35.5. The maximum absolute atomic E-state index is 13.1. The first kappa shape index (κ1) is 19.6. The second kappa shape index (κ2) is 7.95. The lowest BCUT2D eigenvalue weighted by Crippen LogP contribution is -2.38. The summed E-state index contributed by atoms with van der Waals surface area (Å²) >= 11 is 0. The summed E-state index contributed by atoms with van der Waals surface area (Å²) in [6.07, 6.45) is 0.658. The molecule has 3 unspecified atom stereocenters. The molecule has 30 heavy (non-hydrogen) atoms. The zero-order chi connectivity index (χ0) is 21.3. The normalized spacial score (nSPS) is 20.2. The Labute approximate surface area is 173 Å². The smallest absolute Gasteiger partial charge is 0.335 e. The Morgan fingerprint density at radius 1 is 0.633 bits per heavy atom. The third-order valence-corrected chi connectivity index (χ3v) is 5.90. The maximum atomic E-state index is 13.1. The van der Waals surface area contributed by atoms with Gasteiger partial charge >= 0.3 is 11.9 Å². The van der Waals surface area contributed by atoms with Gasteiger partial charge in [0.25, 0.3) is 0 Å². The van der Waals surface area contributed by atoms with Crippen molar-refractivity contribution in [1.82, 2.24) is 0 Å². The predicted molar refractivity (Wildman–Crippen MR) is 111 cm³/mol. The molecule has 0 heterocycles. The summed E-state index contributed by atoms with van der Waals surface area (Å²) in [7, 11) is 0. The van der Waals surface area contributed by atoms with E-state index >= 15 is 0 Å². The Kier molecular flexibility index (Phi) is 5.19. The van der Waals surface area contributed by atoms with Crippen LogP contribution in [0.4, 0.5) is 0 Å². The fourth-order valence-electron chi connectivity index (χ4n) is 4.27. The van der Waals surface area contributed by atoms with E-state index in [9.17, 15) is 19.5 Å². The molecule has 5 nitrogen and oxygen atoms in total. The van der Waals surface area contributed by atoms with Crippen molar-refractivity contribution >= 4 is 17.7 Å². The Morgan fingerprint density at radius 2 is 1.13 bits per heavy atom. The summed E-state index contributed by atoms with van der Waals surface area (Å²) < 4.78 is 0. The van der Waals surface area contributed by atoms with Gasteiger partial charge in [0.15, 0.2) is 5.78 Å². The molecule has 1 fully saturated rings. The van der Waals surface area contributed by atoms with E-state index in [1.807, 2.05) is 30.3 Å². The van der Waals surface area contributed by atoms with E-state index in [0.717, 1.165) is 11.1 Å².